The van der Waals surface area contributed by atoms with E-state index in [9.17, 15) is 5.11 Å². The normalized spacial score (nSPS) is 39.4. The summed E-state index contributed by atoms with van der Waals surface area (Å²) >= 11 is 0. The lowest BCUT2D eigenvalue weighted by Crippen LogP contribution is -2.39. The molecule has 0 aromatic rings. The third-order valence-corrected chi connectivity index (χ3v) is 3.65. The molecule has 0 bridgehead atoms. The first kappa shape index (κ1) is 10.4. The molecule has 14 heavy (non-hydrogen) atoms. The smallest absolute Gasteiger partial charge is 0.0702 e. The highest BCUT2D eigenvalue weighted by Gasteiger charge is 2.32. The summed E-state index contributed by atoms with van der Waals surface area (Å²) in [6, 6.07) is 0.374. The van der Waals surface area contributed by atoms with Crippen LogP contribution in [0, 0.1) is 5.92 Å². The van der Waals surface area contributed by atoms with Gasteiger partial charge in [-0.05, 0) is 31.7 Å². The molecular formula is C11H21NO2. The van der Waals surface area contributed by atoms with Crippen molar-refractivity contribution in [1.29, 1.82) is 0 Å². The first-order valence-corrected chi connectivity index (χ1v) is 5.77. The molecule has 0 aliphatic carbocycles. The number of rotatable bonds is 3. The average Bonchev–Trinajstić information content (AvgIpc) is 2.77. The van der Waals surface area contributed by atoms with E-state index >= 15 is 0 Å². The molecule has 1 N–H and O–H groups in total. The van der Waals surface area contributed by atoms with Crippen molar-refractivity contribution in [1.82, 2.24) is 4.90 Å². The third kappa shape index (κ3) is 2.10. The van der Waals surface area contributed by atoms with Gasteiger partial charge in [0.15, 0.2) is 0 Å². The van der Waals surface area contributed by atoms with Crippen LogP contribution in [0.5, 0.6) is 0 Å². The number of hydrogen-bond acceptors (Lipinski definition) is 3. The van der Waals surface area contributed by atoms with E-state index in [1.165, 1.54) is 19.3 Å². The van der Waals surface area contributed by atoms with Crippen molar-refractivity contribution in [2.45, 2.75) is 38.3 Å². The van der Waals surface area contributed by atoms with Gasteiger partial charge in [0.25, 0.3) is 0 Å². The van der Waals surface area contributed by atoms with Gasteiger partial charge in [-0.3, -0.25) is 4.90 Å². The summed E-state index contributed by atoms with van der Waals surface area (Å²) in [5.41, 5.74) is 0. The zero-order chi connectivity index (χ0) is 9.97. The van der Waals surface area contributed by atoms with Crippen molar-refractivity contribution in [3.63, 3.8) is 0 Å². The van der Waals surface area contributed by atoms with Gasteiger partial charge in [0.05, 0.1) is 12.7 Å². The predicted octanol–water partition coefficient (Wildman–Crippen LogP) is 0.868. The van der Waals surface area contributed by atoms with E-state index in [-0.39, 0.29) is 0 Å². The number of likely N-dealkylation sites (tertiary alicyclic amines) is 1. The van der Waals surface area contributed by atoms with Crippen molar-refractivity contribution in [3.05, 3.63) is 0 Å². The van der Waals surface area contributed by atoms with Crippen LogP contribution < -0.4 is 0 Å². The summed E-state index contributed by atoms with van der Waals surface area (Å²) in [7, 11) is 0. The standard InChI is InChI=1S/C11H21NO2/c1-9-4-5-12(11(9)8-13)7-10-3-2-6-14-10/h9-11,13H,2-8H2,1H3. The monoisotopic (exact) mass is 199 g/mol. The number of aliphatic hydroxyl groups is 1. The Hall–Kier alpha value is -0.120. The van der Waals surface area contributed by atoms with E-state index in [0.717, 1.165) is 19.7 Å². The van der Waals surface area contributed by atoms with E-state index in [0.29, 0.717) is 24.7 Å². The fourth-order valence-electron chi connectivity index (χ4n) is 2.66. The van der Waals surface area contributed by atoms with Crippen LogP contribution in [0.4, 0.5) is 0 Å². The quantitative estimate of drug-likeness (QED) is 0.732. The maximum Gasteiger partial charge on any atom is 0.0702 e. The maximum absolute atomic E-state index is 9.30. The second kappa shape index (κ2) is 4.60. The predicted molar refractivity (Wildman–Crippen MR) is 55.2 cm³/mol. The summed E-state index contributed by atoms with van der Waals surface area (Å²) in [6.45, 7) is 5.62. The van der Waals surface area contributed by atoms with Gasteiger partial charge >= 0.3 is 0 Å². The lowest BCUT2D eigenvalue weighted by Gasteiger charge is -2.27. The minimum atomic E-state index is 0.299. The molecule has 0 radical (unpaired) electrons. The van der Waals surface area contributed by atoms with Crippen LogP contribution in [-0.2, 0) is 4.74 Å². The molecule has 3 atom stereocenters. The highest BCUT2D eigenvalue weighted by atomic mass is 16.5. The molecule has 2 aliphatic heterocycles. The van der Waals surface area contributed by atoms with Crippen molar-refractivity contribution < 1.29 is 9.84 Å². The second-order valence-corrected chi connectivity index (χ2v) is 4.65. The zero-order valence-corrected chi connectivity index (χ0v) is 8.98. The molecular weight excluding hydrogens is 178 g/mol. The minimum absolute atomic E-state index is 0.299. The molecule has 82 valence electrons. The lowest BCUT2D eigenvalue weighted by atomic mass is 10.0. The van der Waals surface area contributed by atoms with Crippen LogP contribution in [0.15, 0.2) is 0 Å². The van der Waals surface area contributed by atoms with Crippen LogP contribution >= 0.6 is 0 Å². The highest BCUT2D eigenvalue weighted by molar-refractivity contribution is 4.86. The van der Waals surface area contributed by atoms with Crippen molar-refractivity contribution >= 4 is 0 Å². The largest absolute Gasteiger partial charge is 0.395 e. The van der Waals surface area contributed by atoms with E-state index < -0.39 is 0 Å². The number of hydrogen-bond donors (Lipinski definition) is 1. The van der Waals surface area contributed by atoms with E-state index in [1.807, 2.05) is 0 Å². The SMILES string of the molecule is CC1CCN(CC2CCCO2)C1CO. The lowest BCUT2D eigenvalue weighted by molar-refractivity contribution is 0.0527. The molecule has 0 aromatic carbocycles. The molecule has 3 nitrogen and oxygen atoms in total. The maximum atomic E-state index is 9.30. The van der Waals surface area contributed by atoms with Crippen LogP contribution in [-0.4, -0.2) is 48.5 Å². The highest BCUT2D eigenvalue weighted by Crippen LogP contribution is 2.25. The Bertz CT molecular complexity index is 180. The summed E-state index contributed by atoms with van der Waals surface area (Å²) in [6.07, 6.45) is 4.05. The summed E-state index contributed by atoms with van der Waals surface area (Å²) in [5, 5.41) is 9.30. The third-order valence-electron chi connectivity index (χ3n) is 3.65. The summed E-state index contributed by atoms with van der Waals surface area (Å²) < 4.78 is 5.62. The Balaban J connectivity index is 1.84. The van der Waals surface area contributed by atoms with Gasteiger partial charge in [-0.15, -0.1) is 0 Å². The van der Waals surface area contributed by atoms with Gasteiger partial charge in [-0.25, -0.2) is 0 Å². The minimum Gasteiger partial charge on any atom is -0.395 e. The molecule has 0 amide bonds. The Morgan fingerprint density at radius 3 is 2.93 bits per heavy atom. The molecule has 2 rings (SSSR count). The molecule has 3 unspecified atom stereocenters. The van der Waals surface area contributed by atoms with Gasteiger partial charge < -0.3 is 9.84 Å². The van der Waals surface area contributed by atoms with Crippen LogP contribution in [0.1, 0.15) is 26.2 Å². The topological polar surface area (TPSA) is 32.7 Å². The van der Waals surface area contributed by atoms with E-state index in [4.69, 9.17) is 4.74 Å². The summed E-state index contributed by atoms with van der Waals surface area (Å²) in [4.78, 5) is 2.40. The van der Waals surface area contributed by atoms with Crippen LogP contribution in [0.2, 0.25) is 0 Å². The van der Waals surface area contributed by atoms with Crippen molar-refractivity contribution in [2.24, 2.45) is 5.92 Å². The van der Waals surface area contributed by atoms with E-state index in [2.05, 4.69) is 11.8 Å². The average molecular weight is 199 g/mol. The summed E-state index contributed by atoms with van der Waals surface area (Å²) in [5.74, 6) is 0.640. The number of aliphatic hydroxyl groups excluding tert-OH is 1. The molecule has 2 saturated heterocycles. The zero-order valence-electron chi connectivity index (χ0n) is 8.98. The molecule has 0 aromatic heterocycles. The molecule has 2 aliphatic rings. The van der Waals surface area contributed by atoms with Crippen molar-refractivity contribution in [3.8, 4) is 0 Å². The number of ether oxygens (including phenoxy) is 1. The van der Waals surface area contributed by atoms with Gasteiger partial charge in [0, 0.05) is 19.2 Å². The Kier molecular flexibility index (Phi) is 3.42. The van der Waals surface area contributed by atoms with Gasteiger partial charge in [0.2, 0.25) is 0 Å². The Morgan fingerprint density at radius 1 is 1.43 bits per heavy atom. The van der Waals surface area contributed by atoms with Gasteiger partial charge in [0.1, 0.15) is 0 Å². The molecule has 2 fully saturated rings. The molecule has 3 heteroatoms. The Morgan fingerprint density at radius 2 is 2.29 bits per heavy atom. The van der Waals surface area contributed by atoms with Gasteiger partial charge in [-0.2, -0.15) is 0 Å². The fourth-order valence-corrected chi connectivity index (χ4v) is 2.66. The van der Waals surface area contributed by atoms with Crippen LogP contribution in [0.25, 0.3) is 0 Å². The molecule has 0 spiro atoms. The molecule has 2 heterocycles. The first-order valence-electron chi connectivity index (χ1n) is 5.77. The van der Waals surface area contributed by atoms with Crippen molar-refractivity contribution in [2.75, 3.05) is 26.3 Å². The molecule has 0 saturated carbocycles. The van der Waals surface area contributed by atoms with Gasteiger partial charge in [-0.1, -0.05) is 6.92 Å². The second-order valence-electron chi connectivity index (χ2n) is 4.65. The first-order chi connectivity index (χ1) is 6.81. The van der Waals surface area contributed by atoms with Crippen LogP contribution in [0.3, 0.4) is 0 Å². The fraction of sp³-hybridized carbons (Fsp3) is 1.00. The number of nitrogens with zero attached hydrogens (tertiary/aromatic N) is 1. The van der Waals surface area contributed by atoms with E-state index in [1.54, 1.807) is 0 Å². The Labute approximate surface area is 86.0 Å².